The summed E-state index contributed by atoms with van der Waals surface area (Å²) >= 11 is 0. The molecule has 3 atom stereocenters. The maximum Gasteiger partial charge on any atom is 0.317 e. The highest BCUT2D eigenvalue weighted by Crippen LogP contribution is 2.22. The molecule has 3 unspecified atom stereocenters. The van der Waals surface area contributed by atoms with Crippen molar-refractivity contribution in [1.29, 1.82) is 0 Å². The number of aliphatic hydroxyl groups is 1. The predicted octanol–water partition coefficient (Wildman–Crippen LogP) is 1.17. The van der Waals surface area contributed by atoms with Crippen LogP contribution < -0.4 is 5.32 Å². The molecular formula is C15H30N2O3. The van der Waals surface area contributed by atoms with E-state index < -0.39 is 5.97 Å². The molecule has 1 aliphatic rings. The standard InChI is InChI=1S/C15H30N2O3/c1-4-14(18)12-7-13(16-6-5-11(2)3)9-17(8-12)10-15(19)20/h11-14,16,18H,4-10H2,1-3H3,(H,19,20). The van der Waals surface area contributed by atoms with Crippen molar-refractivity contribution in [2.24, 2.45) is 11.8 Å². The highest BCUT2D eigenvalue weighted by atomic mass is 16.4. The van der Waals surface area contributed by atoms with Crippen LogP contribution in [-0.4, -0.2) is 59.4 Å². The van der Waals surface area contributed by atoms with Crippen molar-refractivity contribution in [3.63, 3.8) is 0 Å². The van der Waals surface area contributed by atoms with Crippen molar-refractivity contribution >= 4 is 5.97 Å². The lowest BCUT2D eigenvalue weighted by molar-refractivity contribution is -0.139. The molecule has 1 heterocycles. The van der Waals surface area contributed by atoms with Crippen molar-refractivity contribution in [3.05, 3.63) is 0 Å². The summed E-state index contributed by atoms with van der Waals surface area (Å²) in [5.41, 5.74) is 0. The zero-order valence-electron chi connectivity index (χ0n) is 13.0. The van der Waals surface area contributed by atoms with Gasteiger partial charge < -0.3 is 15.5 Å². The van der Waals surface area contributed by atoms with Crippen LogP contribution in [0.3, 0.4) is 0 Å². The molecule has 0 bridgehead atoms. The lowest BCUT2D eigenvalue weighted by Gasteiger charge is -2.39. The molecule has 0 spiro atoms. The third kappa shape index (κ3) is 6.20. The second-order valence-electron chi connectivity index (χ2n) is 6.39. The molecule has 1 fully saturated rings. The summed E-state index contributed by atoms with van der Waals surface area (Å²) in [5, 5.41) is 22.5. The number of likely N-dealkylation sites (tertiary alicyclic amines) is 1. The number of nitrogens with one attached hydrogen (secondary N) is 1. The summed E-state index contributed by atoms with van der Waals surface area (Å²) < 4.78 is 0. The minimum absolute atomic E-state index is 0.0648. The van der Waals surface area contributed by atoms with Gasteiger partial charge in [-0.05, 0) is 37.6 Å². The highest BCUT2D eigenvalue weighted by molar-refractivity contribution is 5.69. The number of hydrogen-bond donors (Lipinski definition) is 3. The van der Waals surface area contributed by atoms with Gasteiger partial charge in [-0.1, -0.05) is 20.8 Å². The van der Waals surface area contributed by atoms with E-state index >= 15 is 0 Å². The Balaban J connectivity index is 2.52. The van der Waals surface area contributed by atoms with Gasteiger partial charge in [-0.15, -0.1) is 0 Å². The first-order valence-electron chi connectivity index (χ1n) is 7.78. The topological polar surface area (TPSA) is 72.8 Å². The van der Waals surface area contributed by atoms with Gasteiger partial charge in [0, 0.05) is 19.1 Å². The molecule has 0 aromatic rings. The Morgan fingerprint density at radius 1 is 1.40 bits per heavy atom. The first-order valence-corrected chi connectivity index (χ1v) is 7.78. The van der Waals surface area contributed by atoms with Gasteiger partial charge in [0.25, 0.3) is 0 Å². The van der Waals surface area contributed by atoms with E-state index in [0.29, 0.717) is 12.5 Å². The second-order valence-corrected chi connectivity index (χ2v) is 6.39. The minimum Gasteiger partial charge on any atom is -0.480 e. The van der Waals surface area contributed by atoms with Crippen LogP contribution in [0, 0.1) is 11.8 Å². The minimum atomic E-state index is -0.794. The monoisotopic (exact) mass is 286 g/mol. The molecule has 0 radical (unpaired) electrons. The maximum atomic E-state index is 10.9. The molecule has 0 aromatic carbocycles. The number of aliphatic hydroxyl groups excluding tert-OH is 1. The zero-order valence-corrected chi connectivity index (χ0v) is 13.0. The number of carboxylic acids is 1. The molecule has 3 N–H and O–H groups in total. The van der Waals surface area contributed by atoms with Crippen LogP contribution in [0.4, 0.5) is 0 Å². The number of rotatable bonds is 8. The van der Waals surface area contributed by atoms with Crippen molar-refractivity contribution in [3.8, 4) is 0 Å². The highest BCUT2D eigenvalue weighted by Gasteiger charge is 2.31. The fourth-order valence-corrected chi connectivity index (χ4v) is 2.89. The molecular weight excluding hydrogens is 256 g/mol. The van der Waals surface area contributed by atoms with E-state index in [9.17, 15) is 9.90 Å². The molecule has 5 nitrogen and oxygen atoms in total. The molecule has 1 aliphatic heterocycles. The molecule has 0 aromatic heterocycles. The molecule has 1 saturated heterocycles. The lowest BCUT2D eigenvalue weighted by atomic mass is 9.88. The summed E-state index contributed by atoms with van der Waals surface area (Å²) in [5.74, 6) is 0.0421. The van der Waals surface area contributed by atoms with Gasteiger partial charge in [-0.3, -0.25) is 9.69 Å². The van der Waals surface area contributed by atoms with E-state index in [-0.39, 0.29) is 24.6 Å². The van der Waals surface area contributed by atoms with Crippen molar-refractivity contribution < 1.29 is 15.0 Å². The van der Waals surface area contributed by atoms with Crippen LogP contribution >= 0.6 is 0 Å². The Hall–Kier alpha value is -0.650. The van der Waals surface area contributed by atoms with Gasteiger partial charge in [-0.2, -0.15) is 0 Å². The summed E-state index contributed by atoms with van der Waals surface area (Å²) in [4.78, 5) is 12.8. The van der Waals surface area contributed by atoms with E-state index in [1.807, 2.05) is 11.8 Å². The molecule has 0 saturated carbocycles. The molecule has 1 rings (SSSR count). The number of piperidine rings is 1. The van der Waals surface area contributed by atoms with Crippen molar-refractivity contribution in [2.75, 3.05) is 26.2 Å². The van der Waals surface area contributed by atoms with Crippen LogP contribution in [0.2, 0.25) is 0 Å². The smallest absolute Gasteiger partial charge is 0.317 e. The molecule has 0 aliphatic carbocycles. The Bertz CT molecular complexity index is 297. The summed E-state index contributed by atoms with van der Waals surface area (Å²) in [6.07, 6.45) is 2.45. The van der Waals surface area contributed by atoms with Gasteiger partial charge in [-0.25, -0.2) is 0 Å². The molecule has 20 heavy (non-hydrogen) atoms. The Morgan fingerprint density at radius 3 is 2.65 bits per heavy atom. The lowest BCUT2D eigenvalue weighted by Crippen LogP contribution is -2.53. The molecule has 5 heteroatoms. The zero-order chi connectivity index (χ0) is 15.1. The van der Waals surface area contributed by atoms with Crippen LogP contribution in [0.1, 0.15) is 40.0 Å². The van der Waals surface area contributed by atoms with E-state index in [0.717, 1.165) is 32.4 Å². The average Bonchev–Trinajstić information content (AvgIpc) is 2.36. The number of carbonyl (C=O) groups is 1. The third-order valence-corrected chi connectivity index (χ3v) is 4.03. The van der Waals surface area contributed by atoms with E-state index in [1.54, 1.807) is 0 Å². The van der Waals surface area contributed by atoms with Gasteiger partial charge in [0.15, 0.2) is 0 Å². The fraction of sp³-hybridized carbons (Fsp3) is 0.933. The summed E-state index contributed by atoms with van der Waals surface area (Å²) in [6.45, 7) is 8.84. The van der Waals surface area contributed by atoms with E-state index in [2.05, 4.69) is 19.2 Å². The first-order chi connectivity index (χ1) is 9.42. The fourth-order valence-electron chi connectivity index (χ4n) is 2.89. The molecule has 0 amide bonds. The van der Waals surface area contributed by atoms with Gasteiger partial charge in [0.1, 0.15) is 0 Å². The average molecular weight is 286 g/mol. The second kappa shape index (κ2) is 8.60. The predicted molar refractivity (Wildman–Crippen MR) is 79.7 cm³/mol. The number of hydrogen-bond acceptors (Lipinski definition) is 4. The van der Waals surface area contributed by atoms with E-state index in [1.165, 1.54) is 0 Å². The SMILES string of the molecule is CCC(O)C1CC(NCCC(C)C)CN(CC(=O)O)C1. The van der Waals surface area contributed by atoms with Crippen LogP contribution in [0.25, 0.3) is 0 Å². The van der Waals surface area contributed by atoms with Crippen LogP contribution in [0.5, 0.6) is 0 Å². The summed E-state index contributed by atoms with van der Waals surface area (Å²) in [7, 11) is 0. The number of nitrogens with zero attached hydrogens (tertiary/aromatic N) is 1. The Kier molecular flexibility index (Phi) is 7.48. The maximum absolute atomic E-state index is 10.9. The van der Waals surface area contributed by atoms with Gasteiger partial charge in [0.05, 0.1) is 12.6 Å². The van der Waals surface area contributed by atoms with E-state index in [4.69, 9.17) is 5.11 Å². The van der Waals surface area contributed by atoms with Crippen LogP contribution in [-0.2, 0) is 4.79 Å². The molecule has 118 valence electrons. The van der Waals surface area contributed by atoms with Gasteiger partial charge >= 0.3 is 5.97 Å². The normalized spacial score (nSPS) is 25.9. The Morgan fingerprint density at radius 2 is 2.10 bits per heavy atom. The largest absolute Gasteiger partial charge is 0.480 e. The summed E-state index contributed by atoms with van der Waals surface area (Å²) in [6, 6.07) is 0.285. The number of aliphatic carboxylic acids is 1. The quantitative estimate of drug-likeness (QED) is 0.625. The first kappa shape index (κ1) is 17.4. The number of carboxylic acid groups (broad SMARTS) is 1. The third-order valence-electron chi connectivity index (χ3n) is 4.03. The van der Waals surface area contributed by atoms with Crippen molar-refractivity contribution in [2.45, 2.75) is 52.2 Å². The van der Waals surface area contributed by atoms with Crippen LogP contribution in [0.15, 0.2) is 0 Å². The van der Waals surface area contributed by atoms with Gasteiger partial charge in [0.2, 0.25) is 0 Å². The Labute approximate surface area is 122 Å². The van der Waals surface area contributed by atoms with Crippen molar-refractivity contribution in [1.82, 2.24) is 10.2 Å².